The first-order chi connectivity index (χ1) is 15.5. The van der Waals surface area contributed by atoms with Crippen molar-refractivity contribution in [3.8, 4) is 0 Å². The van der Waals surface area contributed by atoms with Gasteiger partial charge in [0.1, 0.15) is 0 Å². The third kappa shape index (κ3) is 4.27. The number of hydrogen-bond donors (Lipinski definition) is 3. The Balaban J connectivity index is 1.47. The van der Waals surface area contributed by atoms with Crippen LogP contribution in [0.15, 0.2) is 82.4 Å². The van der Waals surface area contributed by atoms with E-state index in [1.165, 1.54) is 12.1 Å². The van der Waals surface area contributed by atoms with Crippen molar-refractivity contribution in [3.63, 3.8) is 0 Å². The van der Waals surface area contributed by atoms with Crippen molar-refractivity contribution < 1.29 is 22.9 Å². The Morgan fingerprint density at radius 2 is 1.88 bits per heavy atom. The molecule has 0 radical (unpaired) electrons. The monoisotopic (exact) mass is 464 g/mol. The zero-order valence-electron chi connectivity index (χ0n) is 18.4. The summed E-state index contributed by atoms with van der Waals surface area (Å²) >= 11 is 0. The van der Waals surface area contributed by atoms with Gasteiger partial charge in [0.15, 0.2) is 0 Å². The number of nitrogens with zero attached hydrogens (tertiary/aromatic N) is 1. The van der Waals surface area contributed by atoms with Crippen LogP contribution < -0.4 is 5.32 Å². The zero-order valence-corrected chi connectivity index (χ0v) is 19.2. The van der Waals surface area contributed by atoms with E-state index in [0.29, 0.717) is 0 Å². The summed E-state index contributed by atoms with van der Waals surface area (Å²) in [6, 6.07) is 9.48. The molecule has 33 heavy (non-hydrogen) atoms. The van der Waals surface area contributed by atoms with E-state index in [9.17, 15) is 22.9 Å². The SMILES string of the molecule is CC1/C(=C/C=C/C=C/C2=Nc3ccc(C(=O)O)cc3C2(C)C)Nc2ccc(S(=O)(=O)O)cc21. The Kier molecular flexibility index (Phi) is 5.59. The molecule has 170 valence electrons. The molecule has 2 aliphatic rings. The molecule has 0 spiro atoms. The van der Waals surface area contributed by atoms with Gasteiger partial charge in [0.2, 0.25) is 0 Å². The normalized spacial score (nSPS) is 20.2. The first kappa shape index (κ1) is 22.7. The fourth-order valence-corrected chi connectivity index (χ4v) is 4.60. The van der Waals surface area contributed by atoms with Crippen molar-refractivity contribution in [2.24, 2.45) is 4.99 Å². The smallest absolute Gasteiger partial charge is 0.335 e. The van der Waals surface area contributed by atoms with Gasteiger partial charge < -0.3 is 10.4 Å². The van der Waals surface area contributed by atoms with Gasteiger partial charge in [-0.05, 0) is 59.7 Å². The lowest BCUT2D eigenvalue weighted by Gasteiger charge is -2.20. The molecule has 0 saturated heterocycles. The second-order valence-corrected chi connectivity index (χ2v) is 10.0. The maximum absolute atomic E-state index is 11.4. The molecule has 3 N–H and O–H groups in total. The molecule has 0 amide bonds. The topological polar surface area (TPSA) is 116 Å². The number of rotatable bonds is 5. The average molecular weight is 465 g/mol. The largest absolute Gasteiger partial charge is 0.478 e. The van der Waals surface area contributed by atoms with E-state index in [0.717, 1.165) is 33.9 Å². The minimum absolute atomic E-state index is 0.0496. The minimum atomic E-state index is -4.24. The number of anilines is 1. The lowest BCUT2D eigenvalue weighted by molar-refractivity contribution is 0.0696. The maximum atomic E-state index is 11.4. The molecule has 2 aromatic rings. The van der Waals surface area contributed by atoms with Gasteiger partial charge in [-0.15, -0.1) is 0 Å². The molecule has 1 unspecified atom stereocenters. The highest BCUT2D eigenvalue weighted by Crippen LogP contribution is 2.41. The van der Waals surface area contributed by atoms with E-state index in [1.807, 2.05) is 51.2 Å². The Labute approximate surface area is 192 Å². The summed E-state index contributed by atoms with van der Waals surface area (Å²) in [5, 5.41) is 12.5. The van der Waals surface area contributed by atoms with Gasteiger partial charge >= 0.3 is 5.97 Å². The Morgan fingerprint density at radius 3 is 2.58 bits per heavy atom. The molecular weight excluding hydrogens is 440 g/mol. The lowest BCUT2D eigenvalue weighted by atomic mass is 9.81. The van der Waals surface area contributed by atoms with Gasteiger partial charge in [0.25, 0.3) is 10.1 Å². The Bertz CT molecular complexity index is 1380. The molecule has 0 fully saturated rings. The summed E-state index contributed by atoms with van der Waals surface area (Å²) < 4.78 is 32.1. The van der Waals surface area contributed by atoms with Crippen molar-refractivity contribution >= 4 is 33.2 Å². The quantitative estimate of drug-likeness (QED) is 0.413. The van der Waals surface area contributed by atoms with E-state index < -0.39 is 21.5 Å². The fraction of sp³-hybridized carbons (Fsp3) is 0.200. The standard InChI is InChI=1S/C25H24N2O5S/c1-15-18-14-17(33(30,31)32)10-12-21(18)26-20(15)7-5-4-6-8-23-25(2,3)19-13-16(24(28)29)9-11-22(19)27-23/h4-15,26H,1-3H3,(H,28,29)(H,30,31,32)/b5-4+,8-6+,20-7-. The van der Waals surface area contributed by atoms with E-state index in [1.54, 1.807) is 24.3 Å². The highest BCUT2D eigenvalue weighted by molar-refractivity contribution is 7.85. The Hall–Kier alpha value is -3.49. The molecule has 7 nitrogen and oxygen atoms in total. The van der Waals surface area contributed by atoms with E-state index in [4.69, 9.17) is 0 Å². The third-order valence-electron chi connectivity index (χ3n) is 6.08. The van der Waals surface area contributed by atoms with Gasteiger partial charge in [-0.3, -0.25) is 9.55 Å². The van der Waals surface area contributed by atoms with Gasteiger partial charge in [-0.2, -0.15) is 8.42 Å². The van der Waals surface area contributed by atoms with Crippen LogP contribution in [0.4, 0.5) is 11.4 Å². The van der Waals surface area contributed by atoms with Crippen molar-refractivity contribution in [2.75, 3.05) is 5.32 Å². The number of fused-ring (bicyclic) bond motifs is 2. The summed E-state index contributed by atoms with van der Waals surface area (Å²) in [5.74, 6) is -1.01. The number of hydrogen-bond acceptors (Lipinski definition) is 5. The van der Waals surface area contributed by atoms with Crippen LogP contribution in [0.3, 0.4) is 0 Å². The van der Waals surface area contributed by atoms with Gasteiger partial charge in [0, 0.05) is 22.7 Å². The predicted molar refractivity (Wildman–Crippen MR) is 128 cm³/mol. The molecule has 0 saturated carbocycles. The van der Waals surface area contributed by atoms with Gasteiger partial charge in [-0.1, -0.05) is 39.0 Å². The molecule has 0 aliphatic carbocycles. The number of carbonyl (C=O) groups is 1. The average Bonchev–Trinajstić information content (AvgIpc) is 3.19. The van der Waals surface area contributed by atoms with E-state index in [2.05, 4.69) is 10.3 Å². The first-order valence-corrected chi connectivity index (χ1v) is 11.8. The molecule has 0 bridgehead atoms. The molecule has 1 atom stereocenters. The summed E-state index contributed by atoms with van der Waals surface area (Å²) in [7, 11) is -4.24. The first-order valence-electron chi connectivity index (χ1n) is 10.4. The summed E-state index contributed by atoms with van der Waals surface area (Å²) in [5.41, 5.74) is 4.88. The second kappa shape index (κ2) is 8.13. The van der Waals surface area contributed by atoms with E-state index in [-0.39, 0.29) is 16.4 Å². The van der Waals surface area contributed by atoms with E-state index >= 15 is 0 Å². The predicted octanol–water partition coefficient (Wildman–Crippen LogP) is 5.22. The van der Waals surface area contributed by atoms with Crippen LogP contribution in [0, 0.1) is 0 Å². The van der Waals surface area contributed by atoms with Crippen LogP contribution in [-0.2, 0) is 15.5 Å². The van der Waals surface area contributed by atoms with Crippen molar-refractivity contribution in [2.45, 2.75) is 37.0 Å². The highest BCUT2D eigenvalue weighted by atomic mass is 32.2. The van der Waals surface area contributed by atoms with Crippen LogP contribution in [-0.4, -0.2) is 29.8 Å². The lowest BCUT2D eigenvalue weighted by Crippen LogP contribution is -2.24. The van der Waals surface area contributed by atoms with Gasteiger partial charge in [0.05, 0.1) is 21.9 Å². The van der Waals surface area contributed by atoms with Crippen molar-refractivity contribution in [1.82, 2.24) is 0 Å². The second-order valence-electron chi connectivity index (χ2n) is 8.60. The number of allylic oxidation sites excluding steroid dienone is 6. The number of carboxylic acids is 1. The number of nitrogens with one attached hydrogen (secondary N) is 1. The molecule has 0 aromatic heterocycles. The van der Waals surface area contributed by atoms with Crippen LogP contribution in [0.2, 0.25) is 0 Å². The minimum Gasteiger partial charge on any atom is -0.478 e. The zero-order chi connectivity index (χ0) is 24.0. The molecule has 2 aliphatic heterocycles. The summed E-state index contributed by atoms with van der Waals surface area (Å²) in [6.45, 7) is 5.99. The maximum Gasteiger partial charge on any atom is 0.335 e. The van der Waals surface area contributed by atoms with Crippen LogP contribution in [0.5, 0.6) is 0 Å². The van der Waals surface area contributed by atoms with Crippen LogP contribution in [0.25, 0.3) is 0 Å². The number of carboxylic acid groups (broad SMARTS) is 1. The summed E-state index contributed by atoms with van der Waals surface area (Å²) in [6.07, 6.45) is 9.46. The van der Waals surface area contributed by atoms with Crippen LogP contribution >= 0.6 is 0 Å². The highest BCUT2D eigenvalue weighted by Gasteiger charge is 2.34. The van der Waals surface area contributed by atoms with Crippen molar-refractivity contribution in [1.29, 1.82) is 0 Å². The molecule has 4 rings (SSSR count). The fourth-order valence-electron chi connectivity index (χ4n) is 4.08. The number of aliphatic imine (C=N–C) groups is 1. The van der Waals surface area contributed by atoms with Crippen LogP contribution in [0.1, 0.15) is 48.2 Å². The third-order valence-corrected chi connectivity index (χ3v) is 6.93. The molecule has 2 aromatic carbocycles. The van der Waals surface area contributed by atoms with Gasteiger partial charge in [-0.25, -0.2) is 4.79 Å². The summed E-state index contributed by atoms with van der Waals surface area (Å²) in [4.78, 5) is 15.8. The van der Waals surface area contributed by atoms with Crippen molar-refractivity contribution in [3.05, 3.63) is 89.2 Å². The number of benzene rings is 2. The molecule has 2 heterocycles. The number of aromatic carboxylic acids is 1. The molecule has 8 heteroatoms. The Morgan fingerprint density at radius 1 is 1.12 bits per heavy atom. The molecular formula is C25H24N2O5S.